The Kier molecular flexibility index (Phi) is 6.19. The Labute approximate surface area is 132 Å². The van der Waals surface area contributed by atoms with Gasteiger partial charge >= 0.3 is 0 Å². The molecule has 0 fully saturated rings. The van der Waals surface area contributed by atoms with Crippen molar-refractivity contribution in [3.05, 3.63) is 27.7 Å². The minimum atomic E-state index is -3.56. The van der Waals surface area contributed by atoms with Crippen LogP contribution in [0.2, 0.25) is 5.02 Å². The number of rotatable bonds is 6. The summed E-state index contributed by atoms with van der Waals surface area (Å²) >= 11 is 13.8. The molecule has 0 aliphatic rings. The molecule has 0 saturated carbocycles. The van der Waals surface area contributed by atoms with Gasteiger partial charge in [0.15, 0.2) is 0 Å². The van der Waals surface area contributed by atoms with Gasteiger partial charge in [-0.15, -0.1) is 0 Å². The zero-order chi connectivity index (χ0) is 14.6. The fourth-order valence-corrected chi connectivity index (χ4v) is 3.69. The van der Waals surface area contributed by atoms with E-state index >= 15 is 0 Å². The van der Waals surface area contributed by atoms with E-state index in [1.807, 2.05) is 0 Å². The van der Waals surface area contributed by atoms with Crippen LogP contribution in [0.15, 0.2) is 27.6 Å². The topological polar surface area (TPSA) is 63.4 Å². The SMILES string of the molecule is CCN(CCC(N)=S)S(=O)(=O)c1ccc(Cl)c(Br)c1. The molecular formula is C11H14BrClN2O2S2. The third kappa shape index (κ3) is 4.39. The Morgan fingerprint density at radius 2 is 2.16 bits per heavy atom. The molecule has 8 heteroatoms. The molecule has 0 aliphatic carbocycles. The van der Waals surface area contributed by atoms with E-state index < -0.39 is 10.0 Å². The van der Waals surface area contributed by atoms with Crippen LogP contribution in [-0.4, -0.2) is 30.8 Å². The van der Waals surface area contributed by atoms with E-state index in [4.69, 9.17) is 29.6 Å². The maximum atomic E-state index is 12.4. The van der Waals surface area contributed by atoms with Crippen molar-refractivity contribution in [1.29, 1.82) is 0 Å². The molecular weight excluding hydrogens is 372 g/mol. The van der Waals surface area contributed by atoms with Gasteiger partial charge in [0.2, 0.25) is 10.0 Å². The summed E-state index contributed by atoms with van der Waals surface area (Å²) in [4.78, 5) is 0.486. The Morgan fingerprint density at radius 1 is 1.53 bits per heavy atom. The van der Waals surface area contributed by atoms with Crippen molar-refractivity contribution in [3.8, 4) is 0 Å². The van der Waals surface area contributed by atoms with E-state index in [1.54, 1.807) is 13.0 Å². The van der Waals surface area contributed by atoms with Crippen LogP contribution in [0.4, 0.5) is 0 Å². The Balaban J connectivity index is 3.06. The Morgan fingerprint density at radius 3 is 2.63 bits per heavy atom. The average Bonchev–Trinajstić information content (AvgIpc) is 2.32. The molecule has 0 heterocycles. The van der Waals surface area contributed by atoms with Crippen molar-refractivity contribution in [2.75, 3.05) is 13.1 Å². The summed E-state index contributed by atoms with van der Waals surface area (Å²) in [6.45, 7) is 2.39. The van der Waals surface area contributed by atoms with Crippen LogP contribution in [0.5, 0.6) is 0 Å². The first-order valence-corrected chi connectivity index (χ1v) is 8.54. The maximum absolute atomic E-state index is 12.4. The average molecular weight is 386 g/mol. The lowest BCUT2D eigenvalue weighted by Crippen LogP contribution is -2.33. The third-order valence-electron chi connectivity index (χ3n) is 2.49. The first kappa shape index (κ1) is 16.8. The highest BCUT2D eigenvalue weighted by Gasteiger charge is 2.23. The minimum Gasteiger partial charge on any atom is -0.393 e. The number of hydrogen-bond donors (Lipinski definition) is 1. The molecule has 2 N–H and O–H groups in total. The summed E-state index contributed by atoms with van der Waals surface area (Å²) in [5.74, 6) is 0. The Bertz CT molecular complexity index is 578. The van der Waals surface area contributed by atoms with Gasteiger partial charge < -0.3 is 5.73 Å². The predicted molar refractivity (Wildman–Crippen MR) is 85.0 cm³/mol. The van der Waals surface area contributed by atoms with Crippen molar-refractivity contribution in [2.24, 2.45) is 5.73 Å². The summed E-state index contributed by atoms with van der Waals surface area (Å²) in [5, 5.41) is 0.463. The van der Waals surface area contributed by atoms with Crippen molar-refractivity contribution >= 4 is 54.8 Å². The molecule has 106 valence electrons. The van der Waals surface area contributed by atoms with Crippen LogP contribution in [0.25, 0.3) is 0 Å². The number of benzene rings is 1. The van der Waals surface area contributed by atoms with E-state index in [-0.39, 0.29) is 11.4 Å². The van der Waals surface area contributed by atoms with Gasteiger partial charge in [0, 0.05) is 24.0 Å². The summed E-state index contributed by atoms with van der Waals surface area (Å²) < 4.78 is 26.7. The second-order valence-corrected chi connectivity index (χ2v) is 7.51. The second kappa shape index (κ2) is 6.99. The molecule has 0 bridgehead atoms. The van der Waals surface area contributed by atoms with E-state index in [0.29, 0.717) is 27.4 Å². The lowest BCUT2D eigenvalue weighted by atomic mass is 10.4. The molecule has 4 nitrogen and oxygen atoms in total. The van der Waals surface area contributed by atoms with Crippen molar-refractivity contribution in [3.63, 3.8) is 0 Å². The van der Waals surface area contributed by atoms with Crippen molar-refractivity contribution in [1.82, 2.24) is 4.31 Å². The first-order chi connectivity index (χ1) is 8.78. The molecule has 0 aromatic heterocycles. The lowest BCUT2D eigenvalue weighted by molar-refractivity contribution is 0.437. The zero-order valence-corrected chi connectivity index (χ0v) is 14.2. The third-order valence-corrected chi connectivity index (χ3v) is 5.88. The molecule has 1 rings (SSSR count). The van der Waals surface area contributed by atoms with Crippen LogP contribution in [0.1, 0.15) is 13.3 Å². The fraction of sp³-hybridized carbons (Fsp3) is 0.364. The van der Waals surface area contributed by atoms with Crippen LogP contribution in [0, 0.1) is 0 Å². The van der Waals surface area contributed by atoms with E-state index in [2.05, 4.69) is 15.9 Å². The second-order valence-electron chi connectivity index (χ2n) is 3.79. The number of thiocarbonyl (C=S) groups is 1. The number of nitrogens with two attached hydrogens (primary N) is 1. The van der Waals surface area contributed by atoms with Gasteiger partial charge in [0.05, 0.1) is 14.9 Å². The zero-order valence-electron chi connectivity index (χ0n) is 10.3. The summed E-state index contributed by atoms with van der Waals surface area (Å²) in [6.07, 6.45) is 0.358. The van der Waals surface area contributed by atoms with Crippen molar-refractivity contribution in [2.45, 2.75) is 18.2 Å². The van der Waals surface area contributed by atoms with E-state index in [1.165, 1.54) is 16.4 Å². The van der Waals surface area contributed by atoms with Crippen LogP contribution >= 0.6 is 39.7 Å². The monoisotopic (exact) mass is 384 g/mol. The molecule has 1 aromatic rings. The maximum Gasteiger partial charge on any atom is 0.243 e. The van der Waals surface area contributed by atoms with Gasteiger partial charge in [0.1, 0.15) is 0 Å². The lowest BCUT2D eigenvalue weighted by Gasteiger charge is -2.20. The smallest absolute Gasteiger partial charge is 0.243 e. The number of hydrogen-bond acceptors (Lipinski definition) is 3. The van der Waals surface area contributed by atoms with Gasteiger partial charge in [-0.05, 0) is 34.1 Å². The molecule has 0 amide bonds. The summed E-state index contributed by atoms with van der Waals surface area (Å²) in [5.41, 5.74) is 5.41. The van der Waals surface area contributed by atoms with E-state index in [0.717, 1.165) is 0 Å². The molecule has 0 radical (unpaired) electrons. The predicted octanol–water partition coefficient (Wildman–Crippen LogP) is 2.79. The van der Waals surface area contributed by atoms with Crippen LogP contribution in [-0.2, 0) is 10.0 Å². The minimum absolute atomic E-state index is 0.188. The molecule has 0 saturated heterocycles. The molecule has 0 spiro atoms. The standard InChI is InChI=1S/C11H14BrClN2O2S2/c1-2-15(6-5-11(14)18)19(16,17)8-3-4-10(13)9(12)7-8/h3-4,7H,2,5-6H2,1H3,(H2,14,18). The highest BCUT2D eigenvalue weighted by atomic mass is 79.9. The summed E-state index contributed by atoms with van der Waals surface area (Å²) in [6, 6.07) is 4.51. The van der Waals surface area contributed by atoms with Gasteiger partial charge in [-0.1, -0.05) is 30.7 Å². The highest BCUT2D eigenvalue weighted by Crippen LogP contribution is 2.26. The molecule has 1 aromatic carbocycles. The van der Waals surface area contributed by atoms with Gasteiger partial charge in [0.25, 0.3) is 0 Å². The highest BCUT2D eigenvalue weighted by molar-refractivity contribution is 9.10. The van der Waals surface area contributed by atoms with E-state index in [9.17, 15) is 8.42 Å². The normalized spacial score (nSPS) is 11.8. The van der Waals surface area contributed by atoms with Crippen LogP contribution < -0.4 is 5.73 Å². The van der Waals surface area contributed by atoms with Crippen molar-refractivity contribution < 1.29 is 8.42 Å². The molecule has 0 unspecified atom stereocenters. The fourth-order valence-electron chi connectivity index (χ4n) is 1.47. The molecule has 0 atom stereocenters. The van der Waals surface area contributed by atoms with Gasteiger partial charge in [-0.3, -0.25) is 0 Å². The van der Waals surface area contributed by atoms with Gasteiger partial charge in [-0.2, -0.15) is 4.31 Å². The Hall–Kier alpha value is -0.210. The number of nitrogens with zero attached hydrogens (tertiary/aromatic N) is 1. The summed E-state index contributed by atoms with van der Waals surface area (Å²) in [7, 11) is -3.56. The quantitative estimate of drug-likeness (QED) is 0.765. The number of halogens is 2. The van der Waals surface area contributed by atoms with Gasteiger partial charge in [-0.25, -0.2) is 8.42 Å². The first-order valence-electron chi connectivity index (χ1n) is 5.52. The number of sulfonamides is 1. The van der Waals surface area contributed by atoms with Crippen LogP contribution in [0.3, 0.4) is 0 Å². The molecule has 0 aliphatic heterocycles. The molecule has 19 heavy (non-hydrogen) atoms. The largest absolute Gasteiger partial charge is 0.393 e.